The average molecular weight is 288 g/mol. The Morgan fingerprint density at radius 2 is 2.05 bits per heavy atom. The van der Waals surface area contributed by atoms with Gasteiger partial charge in [0.05, 0.1) is 4.92 Å². The zero-order valence-electron chi connectivity index (χ0n) is 11.5. The van der Waals surface area contributed by atoms with Crippen LogP contribution in [-0.2, 0) is 6.42 Å². The van der Waals surface area contributed by atoms with Crippen LogP contribution in [0.1, 0.15) is 25.2 Å². The van der Waals surface area contributed by atoms with Crippen molar-refractivity contribution >= 4 is 5.69 Å². The predicted molar refractivity (Wildman–Crippen MR) is 75.4 cm³/mol. The number of hydrogen-bond donors (Lipinski definition) is 1. The molecule has 2 N–H and O–H groups in total. The van der Waals surface area contributed by atoms with Crippen LogP contribution in [0.25, 0.3) is 11.4 Å². The fourth-order valence-corrected chi connectivity index (χ4v) is 2.63. The molecule has 1 fully saturated rings. The molecule has 0 spiro atoms. The molecule has 1 aromatic heterocycles. The molecule has 0 bridgehead atoms. The van der Waals surface area contributed by atoms with Gasteiger partial charge in [-0.25, -0.2) is 0 Å². The summed E-state index contributed by atoms with van der Waals surface area (Å²) >= 11 is 0. The molecule has 1 saturated carbocycles. The zero-order chi connectivity index (χ0) is 14.9. The van der Waals surface area contributed by atoms with E-state index in [9.17, 15) is 10.1 Å². The second-order valence-electron chi connectivity index (χ2n) is 5.55. The van der Waals surface area contributed by atoms with Gasteiger partial charge in [-0.1, -0.05) is 11.6 Å². The van der Waals surface area contributed by atoms with Crippen LogP contribution in [-0.4, -0.2) is 21.6 Å². The first-order valence-electron chi connectivity index (χ1n) is 6.89. The average Bonchev–Trinajstić information content (AvgIpc) is 2.91. The van der Waals surface area contributed by atoms with E-state index >= 15 is 0 Å². The fraction of sp³-hybridized carbons (Fsp3) is 0.429. The number of nitro groups is 1. The number of rotatable bonds is 5. The summed E-state index contributed by atoms with van der Waals surface area (Å²) in [6.45, 7) is 0.627. The molecule has 1 aromatic carbocycles. The van der Waals surface area contributed by atoms with Crippen molar-refractivity contribution in [3.63, 3.8) is 0 Å². The molecule has 7 heteroatoms. The number of nitro benzene ring substituents is 1. The summed E-state index contributed by atoms with van der Waals surface area (Å²) in [4.78, 5) is 14.6. The molecule has 1 aliphatic carbocycles. The van der Waals surface area contributed by atoms with Crippen molar-refractivity contribution in [2.75, 3.05) is 6.54 Å². The maximum absolute atomic E-state index is 10.6. The summed E-state index contributed by atoms with van der Waals surface area (Å²) in [5.74, 6) is 1.03. The van der Waals surface area contributed by atoms with Crippen LogP contribution in [0.15, 0.2) is 28.8 Å². The molecule has 7 nitrogen and oxygen atoms in total. The topological polar surface area (TPSA) is 108 Å². The van der Waals surface area contributed by atoms with Crippen LogP contribution < -0.4 is 5.73 Å². The van der Waals surface area contributed by atoms with Gasteiger partial charge in [0, 0.05) is 24.1 Å². The molecular formula is C14H16N4O3. The minimum atomic E-state index is -0.437. The smallest absolute Gasteiger partial charge is 0.269 e. The van der Waals surface area contributed by atoms with Crippen molar-refractivity contribution in [1.29, 1.82) is 0 Å². The summed E-state index contributed by atoms with van der Waals surface area (Å²) < 4.78 is 5.28. The second-order valence-corrected chi connectivity index (χ2v) is 5.55. The Morgan fingerprint density at radius 1 is 1.33 bits per heavy atom. The minimum Gasteiger partial charge on any atom is -0.339 e. The van der Waals surface area contributed by atoms with Crippen molar-refractivity contribution in [3.05, 3.63) is 40.3 Å². The molecule has 2 aromatic rings. The van der Waals surface area contributed by atoms with Crippen LogP contribution in [0.5, 0.6) is 0 Å². The zero-order valence-corrected chi connectivity index (χ0v) is 11.5. The van der Waals surface area contributed by atoms with E-state index in [1.54, 1.807) is 12.1 Å². The molecule has 0 saturated heterocycles. The molecule has 0 aliphatic heterocycles. The largest absolute Gasteiger partial charge is 0.339 e. The third-order valence-electron chi connectivity index (χ3n) is 4.18. The van der Waals surface area contributed by atoms with Gasteiger partial charge in [-0.15, -0.1) is 0 Å². The normalized spacial score (nSPS) is 16.4. The van der Waals surface area contributed by atoms with Gasteiger partial charge in [0.25, 0.3) is 5.69 Å². The quantitative estimate of drug-likeness (QED) is 0.668. The van der Waals surface area contributed by atoms with Crippen molar-refractivity contribution in [1.82, 2.24) is 10.1 Å². The lowest BCUT2D eigenvalue weighted by Gasteiger charge is -2.39. The molecule has 3 rings (SSSR count). The maximum atomic E-state index is 10.6. The lowest BCUT2D eigenvalue weighted by atomic mass is 9.67. The molecule has 0 atom stereocenters. The van der Waals surface area contributed by atoms with Crippen LogP contribution in [0.3, 0.4) is 0 Å². The minimum absolute atomic E-state index is 0.0408. The van der Waals surface area contributed by atoms with E-state index in [4.69, 9.17) is 10.3 Å². The van der Waals surface area contributed by atoms with Gasteiger partial charge in [0.1, 0.15) is 0 Å². The van der Waals surface area contributed by atoms with E-state index in [-0.39, 0.29) is 11.1 Å². The molecule has 1 heterocycles. The van der Waals surface area contributed by atoms with Crippen molar-refractivity contribution in [2.24, 2.45) is 11.1 Å². The lowest BCUT2D eigenvalue weighted by Crippen LogP contribution is -2.39. The molecular weight excluding hydrogens is 272 g/mol. The van der Waals surface area contributed by atoms with Crippen LogP contribution in [0, 0.1) is 15.5 Å². The van der Waals surface area contributed by atoms with Gasteiger partial charge < -0.3 is 10.3 Å². The number of nitrogens with two attached hydrogens (primary N) is 1. The Kier molecular flexibility index (Phi) is 3.42. The Bertz CT molecular complexity index is 641. The molecule has 0 radical (unpaired) electrons. The maximum Gasteiger partial charge on any atom is 0.269 e. The summed E-state index contributed by atoms with van der Waals surface area (Å²) in [6, 6.07) is 6.10. The van der Waals surface area contributed by atoms with Crippen molar-refractivity contribution < 1.29 is 9.45 Å². The van der Waals surface area contributed by atoms with Gasteiger partial charge in [0.15, 0.2) is 0 Å². The van der Waals surface area contributed by atoms with E-state index in [0.717, 1.165) is 12.8 Å². The molecule has 0 unspecified atom stereocenters. The number of nitrogens with zero attached hydrogens (tertiary/aromatic N) is 3. The number of benzene rings is 1. The van der Waals surface area contributed by atoms with Gasteiger partial charge >= 0.3 is 0 Å². The van der Waals surface area contributed by atoms with Gasteiger partial charge in [0.2, 0.25) is 11.7 Å². The highest BCUT2D eigenvalue weighted by Gasteiger charge is 2.37. The molecule has 0 amide bonds. The summed E-state index contributed by atoms with van der Waals surface area (Å²) in [6.07, 6.45) is 4.08. The van der Waals surface area contributed by atoms with E-state index in [1.807, 2.05) is 0 Å². The predicted octanol–water partition coefficient (Wildman–Crippen LogP) is 2.32. The Hall–Kier alpha value is -2.28. The molecule has 21 heavy (non-hydrogen) atoms. The highest BCUT2D eigenvalue weighted by molar-refractivity contribution is 5.56. The molecule has 110 valence electrons. The first-order chi connectivity index (χ1) is 10.1. The van der Waals surface area contributed by atoms with Crippen molar-refractivity contribution in [2.45, 2.75) is 25.7 Å². The number of non-ortho nitro benzene ring substituents is 1. The number of hydrogen-bond acceptors (Lipinski definition) is 6. The SMILES string of the molecule is NCC1(Cc2nc(-c3ccc([N+](=O)[O-])cc3)no2)CCC1. The second kappa shape index (κ2) is 5.25. The highest BCUT2D eigenvalue weighted by atomic mass is 16.6. The standard InChI is InChI=1S/C14H16N4O3/c15-9-14(6-1-7-14)8-12-16-13(17-21-12)10-2-4-11(5-3-10)18(19)20/h2-5H,1,6-9,15H2. The first kappa shape index (κ1) is 13.7. The summed E-state index contributed by atoms with van der Waals surface area (Å²) in [5, 5.41) is 14.6. The van der Waals surface area contributed by atoms with Crippen LogP contribution >= 0.6 is 0 Å². The highest BCUT2D eigenvalue weighted by Crippen LogP contribution is 2.42. The lowest BCUT2D eigenvalue weighted by molar-refractivity contribution is -0.384. The van der Waals surface area contributed by atoms with E-state index in [0.29, 0.717) is 30.2 Å². The summed E-state index contributed by atoms with van der Waals surface area (Å²) in [5.41, 5.74) is 6.68. The Morgan fingerprint density at radius 3 is 2.57 bits per heavy atom. The van der Waals surface area contributed by atoms with Gasteiger partial charge in [-0.05, 0) is 36.9 Å². The Labute approximate surface area is 121 Å². The van der Waals surface area contributed by atoms with Crippen molar-refractivity contribution in [3.8, 4) is 11.4 Å². The van der Waals surface area contributed by atoms with Gasteiger partial charge in [-0.3, -0.25) is 10.1 Å². The monoisotopic (exact) mass is 288 g/mol. The van der Waals surface area contributed by atoms with E-state index in [2.05, 4.69) is 10.1 Å². The molecule has 1 aliphatic rings. The fourth-order valence-electron chi connectivity index (χ4n) is 2.63. The third kappa shape index (κ3) is 2.64. The third-order valence-corrected chi connectivity index (χ3v) is 4.18. The Balaban J connectivity index is 1.76. The van der Waals surface area contributed by atoms with Crippen LogP contribution in [0.2, 0.25) is 0 Å². The van der Waals surface area contributed by atoms with E-state index < -0.39 is 4.92 Å². The van der Waals surface area contributed by atoms with Gasteiger partial charge in [-0.2, -0.15) is 4.98 Å². The number of aromatic nitrogens is 2. The van der Waals surface area contributed by atoms with Crippen LogP contribution in [0.4, 0.5) is 5.69 Å². The summed E-state index contributed by atoms with van der Waals surface area (Å²) in [7, 11) is 0. The van der Waals surface area contributed by atoms with E-state index in [1.165, 1.54) is 18.6 Å². The first-order valence-corrected chi connectivity index (χ1v) is 6.89.